The summed E-state index contributed by atoms with van der Waals surface area (Å²) in [6, 6.07) is 0.343. The predicted molar refractivity (Wildman–Crippen MR) is 72.5 cm³/mol. The number of amides is 1. The highest BCUT2D eigenvalue weighted by atomic mass is 32.1. The molecule has 3 nitrogen and oxygen atoms in total. The minimum atomic E-state index is 0.0104. The standard InChI is InChI=1S/C13H20N2OS/c1-8-9(2)17-12(14)11(8)13(16)15-10-6-4-3-5-7-10/h10H,3-7,14H2,1-2H3,(H,15,16). The monoisotopic (exact) mass is 252 g/mol. The molecule has 1 aromatic heterocycles. The molecule has 0 bridgehead atoms. The number of nitrogen functional groups attached to an aromatic ring is 1. The van der Waals surface area contributed by atoms with Crippen LogP contribution in [0.4, 0.5) is 5.00 Å². The van der Waals surface area contributed by atoms with Crippen LogP contribution < -0.4 is 11.1 Å². The second-order valence-electron chi connectivity index (χ2n) is 4.83. The molecule has 1 aliphatic carbocycles. The molecule has 0 spiro atoms. The zero-order valence-electron chi connectivity index (χ0n) is 10.5. The summed E-state index contributed by atoms with van der Waals surface area (Å²) in [6.45, 7) is 3.98. The smallest absolute Gasteiger partial charge is 0.254 e. The van der Waals surface area contributed by atoms with Gasteiger partial charge in [-0.15, -0.1) is 11.3 Å². The van der Waals surface area contributed by atoms with Crippen LogP contribution >= 0.6 is 11.3 Å². The Balaban J connectivity index is 2.08. The number of carbonyl (C=O) groups excluding carboxylic acids is 1. The molecule has 17 heavy (non-hydrogen) atoms. The normalized spacial score (nSPS) is 17.1. The molecule has 0 radical (unpaired) electrons. The number of rotatable bonds is 2. The van der Waals surface area contributed by atoms with Gasteiger partial charge in [0.25, 0.3) is 5.91 Å². The SMILES string of the molecule is Cc1sc(N)c(C(=O)NC2CCCCC2)c1C. The number of nitrogens with two attached hydrogens (primary N) is 1. The maximum Gasteiger partial charge on any atom is 0.254 e. The first-order valence-corrected chi connectivity index (χ1v) is 7.07. The van der Waals surface area contributed by atoms with Crippen molar-refractivity contribution < 1.29 is 4.79 Å². The molecule has 1 heterocycles. The fourth-order valence-electron chi connectivity index (χ4n) is 2.44. The van der Waals surface area contributed by atoms with E-state index in [1.54, 1.807) is 0 Å². The van der Waals surface area contributed by atoms with Crippen molar-refractivity contribution in [1.29, 1.82) is 0 Å². The minimum Gasteiger partial charge on any atom is -0.390 e. The molecule has 0 saturated heterocycles. The van der Waals surface area contributed by atoms with Gasteiger partial charge < -0.3 is 11.1 Å². The molecule has 1 aliphatic rings. The topological polar surface area (TPSA) is 55.1 Å². The van der Waals surface area contributed by atoms with E-state index in [9.17, 15) is 4.79 Å². The lowest BCUT2D eigenvalue weighted by Gasteiger charge is -2.22. The number of nitrogens with one attached hydrogen (secondary N) is 1. The zero-order valence-corrected chi connectivity index (χ0v) is 11.3. The highest BCUT2D eigenvalue weighted by molar-refractivity contribution is 7.16. The number of hydrogen-bond acceptors (Lipinski definition) is 3. The molecule has 3 N–H and O–H groups in total. The van der Waals surface area contributed by atoms with Crippen molar-refractivity contribution in [3.63, 3.8) is 0 Å². The second-order valence-corrected chi connectivity index (χ2v) is 6.09. The van der Waals surface area contributed by atoms with Gasteiger partial charge in [-0.2, -0.15) is 0 Å². The first kappa shape index (κ1) is 12.4. The Morgan fingerprint density at radius 2 is 1.94 bits per heavy atom. The summed E-state index contributed by atoms with van der Waals surface area (Å²) in [6.07, 6.45) is 5.96. The molecule has 1 aromatic rings. The number of hydrogen-bond donors (Lipinski definition) is 2. The molecule has 0 aromatic carbocycles. The van der Waals surface area contributed by atoms with Crippen LogP contribution in [0.15, 0.2) is 0 Å². The molecule has 4 heteroatoms. The Hall–Kier alpha value is -1.03. The number of carbonyl (C=O) groups is 1. The fraction of sp³-hybridized carbons (Fsp3) is 0.615. The minimum absolute atomic E-state index is 0.0104. The van der Waals surface area contributed by atoms with Gasteiger partial charge in [-0.1, -0.05) is 19.3 Å². The Morgan fingerprint density at radius 3 is 2.47 bits per heavy atom. The molecule has 2 rings (SSSR count). The lowest BCUT2D eigenvalue weighted by Crippen LogP contribution is -2.36. The van der Waals surface area contributed by atoms with Crippen LogP contribution in [0.3, 0.4) is 0 Å². The third kappa shape index (κ3) is 2.63. The van der Waals surface area contributed by atoms with E-state index in [2.05, 4.69) is 5.32 Å². The van der Waals surface area contributed by atoms with Crippen molar-refractivity contribution in [3.05, 3.63) is 16.0 Å². The van der Waals surface area contributed by atoms with Gasteiger partial charge in [0.05, 0.1) is 10.6 Å². The van der Waals surface area contributed by atoms with Crippen molar-refractivity contribution in [1.82, 2.24) is 5.32 Å². The van der Waals surface area contributed by atoms with E-state index in [1.807, 2.05) is 13.8 Å². The van der Waals surface area contributed by atoms with Crippen LogP contribution in [0.25, 0.3) is 0 Å². The van der Waals surface area contributed by atoms with Gasteiger partial charge in [-0.05, 0) is 32.3 Å². The summed E-state index contributed by atoms with van der Waals surface area (Å²) in [7, 11) is 0. The van der Waals surface area contributed by atoms with Crippen molar-refractivity contribution in [2.24, 2.45) is 0 Å². The molecule has 0 aliphatic heterocycles. The molecule has 0 atom stereocenters. The van der Waals surface area contributed by atoms with Gasteiger partial charge in [0.1, 0.15) is 0 Å². The maximum absolute atomic E-state index is 12.2. The maximum atomic E-state index is 12.2. The fourth-order valence-corrected chi connectivity index (χ4v) is 3.37. The van der Waals surface area contributed by atoms with Gasteiger partial charge >= 0.3 is 0 Å². The number of aryl methyl sites for hydroxylation is 1. The molecule has 0 unspecified atom stereocenters. The van der Waals surface area contributed by atoms with Crippen molar-refractivity contribution in [3.8, 4) is 0 Å². The summed E-state index contributed by atoms with van der Waals surface area (Å²) >= 11 is 1.50. The molecular formula is C13H20N2OS. The van der Waals surface area contributed by atoms with E-state index in [-0.39, 0.29) is 5.91 Å². The second kappa shape index (κ2) is 5.08. The Kier molecular flexibility index (Phi) is 3.72. The summed E-state index contributed by atoms with van der Waals surface area (Å²) < 4.78 is 0. The largest absolute Gasteiger partial charge is 0.390 e. The lowest BCUT2D eigenvalue weighted by molar-refractivity contribution is 0.0928. The number of anilines is 1. The molecule has 1 fully saturated rings. The number of thiophene rings is 1. The van der Waals surface area contributed by atoms with Crippen LogP contribution in [0.1, 0.15) is 52.9 Å². The molecule has 1 amide bonds. The van der Waals surface area contributed by atoms with Gasteiger partial charge in [0, 0.05) is 10.9 Å². The average Bonchev–Trinajstić information content (AvgIpc) is 2.54. The highest BCUT2D eigenvalue weighted by Gasteiger charge is 2.21. The van der Waals surface area contributed by atoms with E-state index in [1.165, 1.54) is 30.6 Å². The van der Waals surface area contributed by atoms with Gasteiger partial charge in [-0.3, -0.25) is 4.79 Å². The van der Waals surface area contributed by atoms with Crippen LogP contribution in [-0.2, 0) is 0 Å². The summed E-state index contributed by atoms with van der Waals surface area (Å²) in [5.74, 6) is 0.0104. The summed E-state index contributed by atoms with van der Waals surface area (Å²) in [5.41, 5.74) is 7.63. The zero-order chi connectivity index (χ0) is 12.4. The van der Waals surface area contributed by atoms with Crippen molar-refractivity contribution in [2.45, 2.75) is 52.0 Å². The van der Waals surface area contributed by atoms with Gasteiger partial charge in [-0.25, -0.2) is 0 Å². The molecular weight excluding hydrogens is 232 g/mol. The van der Waals surface area contributed by atoms with Crippen LogP contribution in [0, 0.1) is 13.8 Å². The van der Waals surface area contributed by atoms with Crippen LogP contribution in [0.2, 0.25) is 0 Å². The van der Waals surface area contributed by atoms with Crippen molar-refractivity contribution in [2.75, 3.05) is 5.73 Å². The van der Waals surface area contributed by atoms with E-state index in [0.717, 1.165) is 23.3 Å². The predicted octanol–water partition coefficient (Wildman–Crippen LogP) is 3.01. The van der Waals surface area contributed by atoms with Crippen LogP contribution in [0.5, 0.6) is 0 Å². The molecule has 94 valence electrons. The van der Waals surface area contributed by atoms with E-state index >= 15 is 0 Å². The third-order valence-corrected chi connectivity index (χ3v) is 4.62. The van der Waals surface area contributed by atoms with E-state index in [0.29, 0.717) is 16.6 Å². The van der Waals surface area contributed by atoms with Crippen LogP contribution in [-0.4, -0.2) is 11.9 Å². The van der Waals surface area contributed by atoms with E-state index in [4.69, 9.17) is 5.73 Å². The highest BCUT2D eigenvalue weighted by Crippen LogP contribution is 2.30. The Morgan fingerprint density at radius 1 is 1.29 bits per heavy atom. The summed E-state index contributed by atoms with van der Waals surface area (Å²) in [5, 5.41) is 3.76. The first-order chi connectivity index (χ1) is 8.09. The lowest BCUT2D eigenvalue weighted by atomic mass is 9.95. The van der Waals surface area contributed by atoms with Gasteiger partial charge in [0.15, 0.2) is 0 Å². The van der Waals surface area contributed by atoms with Crippen molar-refractivity contribution >= 4 is 22.2 Å². The molecule has 1 saturated carbocycles. The quantitative estimate of drug-likeness (QED) is 0.850. The Bertz CT molecular complexity index is 419. The average molecular weight is 252 g/mol. The Labute approximate surface area is 106 Å². The first-order valence-electron chi connectivity index (χ1n) is 6.26. The van der Waals surface area contributed by atoms with Gasteiger partial charge in [0.2, 0.25) is 0 Å². The summed E-state index contributed by atoms with van der Waals surface area (Å²) in [4.78, 5) is 13.3. The third-order valence-electron chi connectivity index (χ3n) is 3.58. The van der Waals surface area contributed by atoms with E-state index < -0.39 is 0 Å².